The number of benzene rings is 1. The maximum absolute atomic E-state index is 10.8. The predicted molar refractivity (Wildman–Crippen MR) is 71.6 cm³/mol. The summed E-state index contributed by atoms with van der Waals surface area (Å²) in [6.45, 7) is 6.34. The van der Waals surface area contributed by atoms with Gasteiger partial charge in [-0.2, -0.15) is 8.42 Å². The first-order chi connectivity index (χ1) is 8.42. The minimum atomic E-state index is -4.06. The van der Waals surface area contributed by atoms with Crippen molar-refractivity contribution in [2.75, 3.05) is 0 Å². The van der Waals surface area contributed by atoms with Crippen molar-refractivity contribution in [3.05, 3.63) is 29.8 Å². The monoisotopic (exact) mass is 289 g/mol. The van der Waals surface area contributed by atoms with Gasteiger partial charge in [0.25, 0.3) is 10.1 Å². The Morgan fingerprint density at radius 1 is 1.21 bits per heavy atom. The van der Waals surface area contributed by atoms with Gasteiger partial charge in [-0.1, -0.05) is 32.9 Å². The number of rotatable bonds is 2. The normalized spacial score (nSPS) is 11.4. The quantitative estimate of drug-likeness (QED) is 0.721. The SMILES string of the molecule is CC(C)(C)Cc1ccc(S(=O)(=O)O)cc1.NC(=O)O. The Bertz CT molecular complexity index is 510. The van der Waals surface area contributed by atoms with Crippen LogP contribution in [-0.4, -0.2) is 24.2 Å². The molecular formula is C12H19NO5S. The summed E-state index contributed by atoms with van der Waals surface area (Å²) in [7, 11) is -4.06. The minimum absolute atomic E-state index is 0.0554. The fourth-order valence-electron chi connectivity index (χ4n) is 1.39. The van der Waals surface area contributed by atoms with E-state index in [0.29, 0.717) is 0 Å². The molecule has 1 aromatic carbocycles. The molecule has 108 valence electrons. The second kappa shape index (κ2) is 6.53. The smallest absolute Gasteiger partial charge is 0.402 e. The van der Waals surface area contributed by atoms with Crippen molar-refractivity contribution >= 4 is 16.2 Å². The van der Waals surface area contributed by atoms with Gasteiger partial charge in [-0.15, -0.1) is 0 Å². The van der Waals surface area contributed by atoms with Gasteiger partial charge in [-0.25, -0.2) is 4.79 Å². The van der Waals surface area contributed by atoms with E-state index >= 15 is 0 Å². The van der Waals surface area contributed by atoms with E-state index in [4.69, 9.17) is 14.5 Å². The average Bonchev–Trinajstić information content (AvgIpc) is 2.13. The summed E-state index contributed by atoms with van der Waals surface area (Å²) in [5, 5.41) is 7.19. The molecule has 4 N–H and O–H groups in total. The third kappa shape index (κ3) is 9.04. The van der Waals surface area contributed by atoms with Crippen LogP contribution in [0.25, 0.3) is 0 Å². The van der Waals surface area contributed by atoms with E-state index in [1.807, 2.05) is 0 Å². The molecule has 6 nitrogen and oxygen atoms in total. The van der Waals surface area contributed by atoms with E-state index in [1.54, 1.807) is 12.1 Å². The van der Waals surface area contributed by atoms with Crippen LogP contribution in [-0.2, 0) is 16.5 Å². The molecule has 0 fully saturated rings. The third-order valence-corrected chi connectivity index (χ3v) is 2.82. The first-order valence-electron chi connectivity index (χ1n) is 5.46. The maximum atomic E-state index is 10.8. The van der Waals surface area contributed by atoms with Crippen molar-refractivity contribution in [1.29, 1.82) is 0 Å². The molecule has 0 aliphatic rings. The van der Waals surface area contributed by atoms with Crippen LogP contribution in [0.3, 0.4) is 0 Å². The van der Waals surface area contributed by atoms with Gasteiger partial charge in [-0.05, 0) is 29.5 Å². The van der Waals surface area contributed by atoms with Crippen LogP contribution in [0.4, 0.5) is 4.79 Å². The maximum Gasteiger partial charge on any atom is 0.402 e. The highest BCUT2D eigenvalue weighted by molar-refractivity contribution is 7.85. The standard InChI is InChI=1S/C11H16O3S.CH3NO2/c1-11(2,3)8-9-4-6-10(7-5-9)15(12,13)14;2-1(3)4/h4-7H,8H2,1-3H3,(H,12,13,14);2H2,(H,3,4). The van der Waals surface area contributed by atoms with E-state index in [2.05, 4.69) is 26.5 Å². The molecule has 1 aromatic rings. The van der Waals surface area contributed by atoms with Crippen molar-refractivity contribution in [2.24, 2.45) is 11.1 Å². The molecule has 0 aliphatic heterocycles. The first kappa shape index (κ1) is 17.4. The van der Waals surface area contributed by atoms with Crippen LogP contribution in [0.2, 0.25) is 0 Å². The molecule has 1 rings (SSSR count). The van der Waals surface area contributed by atoms with Gasteiger partial charge < -0.3 is 10.8 Å². The molecule has 0 saturated heterocycles. The van der Waals surface area contributed by atoms with Crippen LogP contribution in [0.1, 0.15) is 26.3 Å². The number of primary amides is 1. The van der Waals surface area contributed by atoms with E-state index in [0.717, 1.165) is 12.0 Å². The summed E-state index contributed by atoms with van der Waals surface area (Å²) >= 11 is 0. The highest BCUT2D eigenvalue weighted by Gasteiger charge is 2.13. The highest BCUT2D eigenvalue weighted by Crippen LogP contribution is 2.21. The molecule has 0 atom stereocenters. The molecule has 0 heterocycles. The summed E-state index contributed by atoms with van der Waals surface area (Å²) in [5.74, 6) is 0. The Kier molecular flexibility index (Phi) is 5.98. The number of amides is 1. The van der Waals surface area contributed by atoms with Gasteiger partial charge in [0, 0.05) is 0 Å². The van der Waals surface area contributed by atoms with Crippen molar-refractivity contribution in [1.82, 2.24) is 0 Å². The summed E-state index contributed by atoms with van der Waals surface area (Å²) in [6, 6.07) is 6.32. The second-order valence-electron chi connectivity index (χ2n) is 5.19. The van der Waals surface area contributed by atoms with Crippen molar-refractivity contribution in [2.45, 2.75) is 32.1 Å². The number of carbonyl (C=O) groups is 1. The Hall–Kier alpha value is -1.60. The van der Waals surface area contributed by atoms with Crippen LogP contribution < -0.4 is 5.73 Å². The Morgan fingerprint density at radius 2 is 1.58 bits per heavy atom. The molecule has 7 heteroatoms. The molecule has 0 spiro atoms. The molecule has 1 amide bonds. The lowest BCUT2D eigenvalue weighted by molar-refractivity contribution is 0.205. The van der Waals surface area contributed by atoms with Gasteiger partial charge in [0.1, 0.15) is 0 Å². The largest absolute Gasteiger partial charge is 0.465 e. The Labute approximate surface area is 113 Å². The average molecular weight is 289 g/mol. The number of carboxylic acid groups (broad SMARTS) is 1. The van der Waals surface area contributed by atoms with Crippen molar-refractivity contribution < 1.29 is 22.9 Å². The van der Waals surface area contributed by atoms with Gasteiger partial charge in [0.05, 0.1) is 4.90 Å². The fourth-order valence-corrected chi connectivity index (χ4v) is 1.87. The van der Waals surface area contributed by atoms with Crippen molar-refractivity contribution in [3.63, 3.8) is 0 Å². The summed E-state index contributed by atoms with van der Waals surface area (Å²) in [6.07, 6.45) is -0.460. The topological polar surface area (TPSA) is 118 Å². The molecular weight excluding hydrogens is 270 g/mol. The molecule has 0 bridgehead atoms. The van der Waals surface area contributed by atoms with Crippen LogP contribution >= 0.6 is 0 Å². The van der Waals surface area contributed by atoms with E-state index in [-0.39, 0.29) is 10.3 Å². The second-order valence-corrected chi connectivity index (χ2v) is 6.62. The van der Waals surface area contributed by atoms with E-state index < -0.39 is 16.2 Å². The number of hydrogen-bond acceptors (Lipinski definition) is 3. The lowest BCUT2D eigenvalue weighted by atomic mass is 9.88. The van der Waals surface area contributed by atoms with Crippen LogP contribution in [0.15, 0.2) is 29.2 Å². The highest BCUT2D eigenvalue weighted by atomic mass is 32.2. The third-order valence-electron chi connectivity index (χ3n) is 1.96. The summed E-state index contributed by atoms with van der Waals surface area (Å²) in [4.78, 5) is 8.72. The Morgan fingerprint density at radius 3 is 1.84 bits per heavy atom. The zero-order chi connectivity index (χ0) is 15.3. The zero-order valence-electron chi connectivity index (χ0n) is 11.1. The lowest BCUT2D eigenvalue weighted by Crippen LogP contribution is -2.09. The van der Waals surface area contributed by atoms with Crippen LogP contribution in [0, 0.1) is 5.41 Å². The molecule has 0 radical (unpaired) electrons. The first-order valence-corrected chi connectivity index (χ1v) is 6.90. The van der Waals surface area contributed by atoms with Gasteiger partial charge in [0.2, 0.25) is 0 Å². The fraction of sp³-hybridized carbons (Fsp3) is 0.417. The van der Waals surface area contributed by atoms with Crippen LogP contribution in [0.5, 0.6) is 0 Å². The zero-order valence-corrected chi connectivity index (χ0v) is 11.9. The number of hydrogen-bond donors (Lipinski definition) is 3. The lowest BCUT2D eigenvalue weighted by Gasteiger charge is -2.17. The molecule has 0 aromatic heterocycles. The summed E-state index contributed by atoms with van der Waals surface area (Å²) in [5.41, 5.74) is 5.26. The predicted octanol–water partition coefficient (Wildman–Crippen LogP) is 2.15. The Balaban J connectivity index is 0.000000711. The minimum Gasteiger partial charge on any atom is -0.465 e. The molecule has 0 saturated carbocycles. The molecule has 19 heavy (non-hydrogen) atoms. The number of nitrogens with two attached hydrogens (primary N) is 1. The molecule has 0 unspecified atom stereocenters. The van der Waals surface area contributed by atoms with Crippen molar-refractivity contribution in [3.8, 4) is 0 Å². The summed E-state index contributed by atoms with van der Waals surface area (Å²) < 4.78 is 30.4. The van der Waals surface area contributed by atoms with Gasteiger partial charge in [0.15, 0.2) is 0 Å². The van der Waals surface area contributed by atoms with Gasteiger partial charge in [-0.3, -0.25) is 4.55 Å². The van der Waals surface area contributed by atoms with E-state index in [1.165, 1.54) is 12.1 Å². The van der Waals surface area contributed by atoms with E-state index in [9.17, 15) is 8.42 Å². The molecule has 0 aliphatic carbocycles. The van der Waals surface area contributed by atoms with Gasteiger partial charge >= 0.3 is 6.09 Å².